The molecule has 2 atom stereocenters. The Bertz CT molecular complexity index is 638. The van der Waals surface area contributed by atoms with Crippen molar-refractivity contribution in [2.45, 2.75) is 32.7 Å². The van der Waals surface area contributed by atoms with Crippen molar-refractivity contribution in [3.05, 3.63) is 42.1 Å². The maximum Gasteiger partial charge on any atom is 0.161 e. The van der Waals surface area contributed by atoms with Crippen LogP contribution in [0, 0.1) is 0 Å². The fourth-order valence-corrected chi connectivity index (χ4v) is 2.95. The lowest BCUT2D eigenvalue weighted by Gasteiger charge is -2.36. The number of ether oxygens (including phenoxy) is 2. The van der Waals surface area contributed by atoms with Crippen molar-refractivity contribution >= 4 is 5.82 Å². The van der Waals surface area contributed by atoms with E-state index >= 15 is 0 Å². The molecule has 0 aliphatic carbocycles. The van der Waals surface area contributed by atoms with Crippen LogP contribution in [0.2, 0.25) is 0 Å². The second kappa shape index (κ2) is 7.06. The summed E-state index contributed by atoms with van der Waals surface area (Å²) in [5, 5.41) is 0. The number of hydrogen-bond donors (Lipinski definition) is 0. The van der Waals surface area contributed by atoms with E-state index in [1.54, 1.807) is 7.11 Å². The SMILES string of the molecule is COCc1cc(N2CC(C)OC(C)C2)nc(-c2ccccc2)n1. The van der Waals surface area contributed by atoms with Crippen molar-refractivity contribution in [2.24, 2.45) is 0 Å². The van der Waals surface area contributed by atoms with E-state index in [1.807, 2.05) is 36.4 Å². The standard InChI is InChI=1S/C18H23N3O2/c1-13-10-21(11-14(2)23-13)17-9-16(12-22-3)19-18(20-17)15-7-5-4-6-8-15/h4-9,13-14H,10-12H2,1-3H3. The molecule has 0 spiro atoms. The minimum atomic E-state index is 0.194. The quantitative estimate of drug-likeness (QED) is 0.868. The van der Waals surface area contributed by atoms with Gasteiger partial charge in [-0.25, -0.2) is 9.97 Å². The van der Waals surface area contributed by atoms with Crippen molar-refractivity contribution in [3.8, 4) is 11.4 Å². The molecule has 122 valence electrons. The molecule has 5 nitrogen and oxygen atoms in total. The van der Waals surface area contributed by atoms with Crippen LogP contribution in [-0.2, 0) is 16.1 Å². The minimum absolute atomic E-state index is 0.194. The van der Waals surface area contributed by atoms with Gasteiger partial charge in [-0.2, -0.15) is 0 Å². The molecule has 2 heterocycles. The zero-order valence-electron chi connectivity index (χ0n) is 13.9. The predicted octanol–water partition coefficient (Wildman–Crippen LogP) is 2.90. The molecule has 2 unspecified atom stereocenters. The van der Waals surface area contributed by atoms with Gasteiger partial charge in [0.2, 0.25) is 0 Å². The van der Waals surface area contributed by atoms with Gasteiger partial charge in [0.1, 0.15) is 5.82 Å². The summed E-state index contributed by atoms with van der Waals surface area (Å²) in [6.07, 6.45) is 0.388. The minimum Gasteiger partial charge on any atom is -0.378 e. The van der Waals surface area contributed by atoms with E-state index in [2.05, 4.69) is 23.7 Å². The van der Waals surface area contributed by atoms with Gasteiger partial charge in [0.15, 0.2) is 5.82 Å². The lowest BCUT2D eigenvalue weighted by Crippen LogP contribution is -2.46. The average molecular weight is 313 g/mol. The summed E-state index contributed by atoms with van der Waals surface area (Å²) < 4.78 is 11.1. The maximum atomic E-state index is 5.82. The molecule has 0 N–H and O–H groups in total. The van der Waals surface area contributed by atoms with Gasteiger partial charge in [-0.3, -0.25) is 0 Å². The highest BCUT2D eigenvalue weighted by Gasteiger charge is 2.24. The Kier molecular flexibility index (Phi) is 4.88. The molecule has 0 amide bonds. The van der Waals surface area contributed by atoms with E-state index in [-0.39, 0.29) is 12.2 Å². The molecule has 3 rings (SSSR count). The van der Waals surface area contributed by atoms with E-state index in [0.29, 0.717) is 6.61 Å². The Balaban J connectivity index is 1.97. The average Bonchev–Trinajstić information content (AvgIpc) is 2.55. The molecular formula is C18H23N3O2. The molecular weight excluding hydrogens is 290 g/mol. The normalized spacial score (nSPS) is 21.4. The smallest absolute Gasteiger partial charge is 0.161 e. The van der Waals surface area contributed by atoms with Gasteiger partial charge in [-0.05, 0) is 13.8 Å². The Labute approximate surface area is 137 Å². The van der Waals surface area contributed by atoms with Crippen LogP contribution in [0.25, 0.3) is 11.4 Å². The molecule has 0 radical (unpaired) electrons. The summed E-state index contributed by atoms with van der Waals surface area (Å²) in [6, 6.07) is 12.1. The van der Waals surface area contributed by atoms with Gasteiger partial charge < -0.3 is 14.4 Å². The van der Waals surface area contributed by atoms with Gasteiger partial charge >= 0.3 is 0 Å². The number of nitrogens with zero attached hydrogens (tertiary/aromatic N) is 3. The molecule has 1 aromatic carbocycles. The van der Waals surface area contributed by atoms with Gasteiger partial charge in [-0.15, -0.1) is 0 Å². The van der Waals surface area contributed by atoms with Crippen LogP contribution in [0.5, 0.6) is 0 Å². The van der Waals surface area contributed by atoms with Gasteiger partial charge in [0.25, 0.3) is 0 Å². The highest BCUT2D eigenvalue weighted by molar-refractivity contribution is 5.58. The fourth-order valence-electron chi connectivity index (χ4n) is 2.95. The first-order chi connectivity index (χ1) is 11.2. The van der Waals surface area contributed by atoms with E-state index < -0.39 is 0 Å². The molecule has 1 aliphatic heterocycles. The molecule has 1 fully saturated rings. The summed E-state index contributed by atoms with van der Waals surface area (Å²) in [5.74, 6) is 1.68. The van der Waals surface area contributed by atoms with Gasteiger partial charge in [-0.1, -0.05) is 30.3 Å². The van der Waals surface area contributed by atoms with Crippen LogP contribution in [0.15, 0.2) is 36.4 Å². The zero-order chi connectivity index (χ0) is 16.2. The van der Waals surface area contributed by atoms with Crippen LogP contribution >= 0.6 is 0 Å². The molecule has 0 saturated carbocycles. The predicted molar refractivity (Wildman–Crippen MR) is 90.4 cm³/mol. The third-order valence-electron chi connectivity index (χ3n) is 3.83. The second-order valence-electron chi connectivity index (χ2n) is 6.00. The molecule has 2 aromatic rings. The van der Waals surface area contributed by atoms with E-state index in [0.717, 1.165) is 36.0 Å². The number of aromatic nitrogens is 2. The van der Waals surface area contributed by atoms with Crippen molar-refractivity contribution in [2.75, 3.05) is 25.1 Å². The second-order valence-corrected chi connectivity index (χ2v) is 6.00. The van der Waals surface area contributed by atoms with Crippen molar-refractivity contribution in [3.63, 3.8) is 0 Å². The van der Waals surface area contributed by atoms with Crippen LogP contribution in [0.1, 0.15) is 19.5 Å². The largest absolute Gasteiger partial charge is 0.378 e. The number of morpholine rings is 1. The number of methoxy groups -OCH3 is 1. The Hall–Kier alpha value is -1.98. The lowest BCUT2D eigenvalue weighted by molar-refractivity contribution is -0.00547. The monoisotopic (exact) mass is 313 g/mol. The first kappa shape index (κ1) is 15.9. The summed E-state index contributed by atoms with van der Waals surface area (Å²) in [6.45, 7) is 6.34. The molecule has 1 saturated heterocycles. The van der Waals surface area contributed by atoms with E-state index in [9.17, 15) is 0 Å². The van der Waals surface area contributed by atoms with Crippen molar-refractivity contribution in [1.29, 1.82) is 0 Å². The van der Waals surface area contributed by atoms with Crippen molar-refractivity contribution in [1.82, 2.24) is 9.97 Å². The molecule has 1 aromatic heterocycles. The van der Waals surface area contributed by atoms with Gasteiger partial charge in [0.05, 0.1) is 24.5 Å². The van der Waals surface area contributed by atoms with Crippen molar-refractivity contribution < 1.29 is 9.47 Å². The first-order valence-electron chi connectivity index (χ1n) is 7.98. The number of anilines is 1. The van der Waals surface area contributed by atoms with Crippen LogP contribution in [-0.4, -0.2) is 42.4 Å². The lowest BCUT2D eigenvalue weighted by atomic mass is 10.2. The Morgan fingerprint density at radius 2 is 1.83 bits per heavy atom. The third kappa shape index (κ3) is 3.86. The summed E-state index contributed by atoms with van der Waals surface area (Å²) >= 11 is 0. The van der Waals surface area contributed by atoms with E-state index in [4.69, 9.17) is 14.5 Å². The van der Waals surface area contributed by atoms with Crippen LogP contribution in [0.4, 0.5) is 5.82 Å². The molecule has 0 bridgehead atoms. The summed E-state index contributed by atoms with van der Waals surface area (Å²) in [4.78, 5) is 11.7. The highest BCUT2D eigenvalue weighted by atomic mass is 16.5. The Morgan fingerprint density at radius 3 is 2.48 bits per heavy atom. The van der Waals surface area contributed by atoms with E-state index in [1.165, 1.54) is 0 Å². The third-order valence-corrected chi connectivity index (χ3v) is 3.83. The Morgan fingerprint density at radius 1 is 1.13 bits per heavy atom. The highest BCUT2D eigenvalue weighted by Crippen LogP contribution is 2.23. The molecule has 23 heavy (non-hydrogen) atoms. The fraction of sp³-hybridized carbons (Fsp3) is 0.444. The topological polar surface area (TPSA) is 47.5 Å². The maximum absolute atomic E-state index is 5.82. The first-order valence-corrected chi connectivity index (χ1v) is 7.98. The summed E-state index contributed by atoms with van der Waals surface area (Å²) in [5.41, 5.74) is 1.91. The molecule has 1 aliphatic rings. The number of benzene rings is 1. The zero-order valence-corrected chi connectivity index (χ0v) is 13.9. The number of rotatable bonds is 4. The number of hydrogen-bond acceptors (Lipinski definition) is 5. The van der Waals surface area contributed by atoms with Crippen LogP contribution in [0.3, 0.4) is 0 Å². The van der Waals surface area contributed by atoms with Gasteiger partial charge in [0, 0.05) is 31.8 Å². The summed E-state index contributed by atoms with van der Waals surface area (Å²) in [7, 11) is 1.68. The molecule has 5 heteroatoms. The van der Waals surface area contributed by atoms with Crippen LogP contribution < -0.4 is 4.90 Å².